The molecule has 0 aliphatic heterocycles. The van der Waals surface area contributed by atoms with Crippen LogP contribution in [0.15, 0.2) is 0 Å². The number of ether oxygens (including phenoxy) is 1. The maximum atomic E-state index is 10.7. The molecule has 0 bridgehead atoms. The number of isocyanates is 2. The van der Waals surface area contributed by atoms with Crippen molar-refractivity contribution in [2.24, 2.45) is 0 Å². The predicted octanol–water partition coefficient (Wildman–Crippen LogP) is 1.91. The molecule has 0 rings (SSSR count). The predicted molar refractivity (Wildman–Crippen MR) is 58.9 cm³/mol. The van der Waals surface area contributed by atoms with Gasteiger partial charge in [0.2, 0.25) is 0 Å². The van der Waals surface area contributed by atoms with Crippen LogP contribution < -0.4 is 0 Å². The summed E-state index contributed by atoms with van der Waals surface area (Å²) in [7, 11) is 0. The standard InChI is InChI=1S/C8H16O2.2CNO/c1-3-5-6-7-8(9)10-4-2;2*2-1-3/h3-7H2,1-2H3;;/q;2*-1. The number of esters is 1. The molecule has 0 radical (unpaired) electrons. The lowest BCUT2D eigenvalue weighted by atomic mass is 10.2. The fraction of sp³-hybridized carbons (Fsp3) is 0.700. The van der Waals surface area contributed by atoms with Gasteiger partial charge in [0, 0.05) is 6.42 Å². The van der Waals surface area contributed by atoms with Crippen LogP contribution in [-0.2, 0) is 19.1 Å². The summed E-state index contributed by atoms with van der Waals surface area (Å²) in [6, 6.07) is 0. The van der Waals surface area contributed by atoms with Gasteiger partial charge in [-0.15, -0.1) is 0 Å². The largest absolute Gasteiger partial charge is 0.724 e. The van der Waals surface area contributed by atoms with E-state index in [1.807, 2.05) is 6.92 Å². The van der Waals surface area contributed by atoms with Gasteiger partial charge < -0.3 is 15.6 Å². The van der Waals surface area contributed by atoms with Gasteiger partial charge in [-0.3, -0.25) is 14.4 Å². The highest BCUT2D eigenvalue weighted by Gasteiger charge is 1.98. The molecule has 0 N–H and O–H groups in total. The van der Waals surface area contributed by atoms with E-state index in [1.165, 1.54) is 0 Å². The fourth-order valence-electron chi connectivity index (χ4n) is 0.752. The van der Waals surface area contributed by atoms with E-state index in [1.54, 1.807) is 0 Å². The van der Waals surface area contributed by atoms with Gasteiger partial charge >= 0.3 is 5.97 Å². The molecule has 0 saturated carbocycles. The maximum absolute atomic E-state index is 10.7. The fourth-order valence-corrected chi connectivity index (χ4v) is 0.752. The molecule has 0 amide bonds. The van der Waals surface area contributed by atoms with E-state index < -0.39 is 0 Å². The molecule has 0 atom stereocenters. The van der Waals surface area contributed by atoms with E-state index in [2.05, 4.69) is 6.92 Å². The molecule has 16 heavy (non-hydrogen) atoms. The number of carbonyl (C=O) groups excluding carboxylic acids is 3. The molecular weight excluding hydrogens is 212 g/mol. The quantitative estimate of drug-likeness (QED) is 0.310. The Balaban J connectivity index is -0.000000235. The second-order valence-corrected chi connectivity index (χ2v) is 2.44. The van der Waals surface area contributed by atoms with Crippen LogP contribution >= 0.6 is 0 Å². The maximum Gasteiger partial charge on any atom is 0.305 e. The van der Waals surface area contributed by atoms with Gasteiger partial charge in [-0.05, 0) is 25.5 Å². The van der Waals surface area contributed by atoms with Crippen molar-refractivity contribution in [3.8, 4) is 0 Å². The summed E-state index contributed by atoms with van der Waals surface area (Å²) in [5, 5.41) is 13.5. The molecule has 6 nitrogen and oxygen atoms in total. The average Bonchev–Trinajstić information content (AvgIpc) is 2.21. The Morgan fingerprint density at radius 3 is 1.88 bits per heavy atom. The summed E-state index contributed by atoms with van der Waals surface area (Å²) >= 11 is 0. The van der Waals surface area contributed by atoms with Crippen LogP contribution in [0.1, 0.15) is 39.5 Å². The summed E-state index contributed by atoms with van der Waals surface area (Å²) in [4.78, 5) is 27.2. The second-order valence-electron chi connectivity index (χ2n) is 2.44. The lowest BCUT2D eigenvalue weighted by molar-refractivity contribution is -0.143. The van der Waals surface area contributed by atoms with E-state index in [0.717, 1.165) is 19.3 Å². The van der Waals surface area contributed by atoms with Crippen LogP contribution in [0.4, 0.5) is 0 Å². The number of nitrogens with zero attached hydrogens (tertiary/aromatic N) is 2. The summed E-state index contributed by atoms with van der Waals surface area (Å²) in [6.07, 6.45) is 4.83. The van der Waals surface area contributed by atoms with Gasteiger partial charge in [0.25, 0.3) is 0 Å². The molecule has 0 heterocycles. The van der Waals surface area contributed by atoms with E-state index in [4.69, 9.17) is 25.1 Å². The molecule has 6 heteroatoms. The van der Waals surface area contributed by atoms with Gasteiger partial charge in [-0.25, -0.2) is 0 Å². The van der Waals surface area contributed by atoms with Gasteiger partial charge in [-0.1, -0.05) is 19.8 Å². The highest BCUT2D eigenvalue weighted by Crippen LogP contribution is 1.99. The Morgan fingerprint density at radius 1 is 1.12 bits per heavy atom. The molecular formula is C10H16N2O4-2. The summed E-state index contributed by atoms with van der Waals surface area (Å²) in [6.45, 7) is 4.45. The summed E-state index contributed by atoms with van der Waals surface area (Å²) in [5.41, 5.74) is 0. The number of hydrogen-bond donors (Lipinski definition) is 0. The lowest BCUT2D eigenvalue weighted by Gasteiger charge is -1.99. The molecule has 92 valence electrons. The summed E-state index contributed by atoms with van der Waals surface area (Å²) < 4.78 is 4.75. The van der Waals surface area contributed by atoms with Gasteiger partial charge in [0.1, 0.15) is 0 Å². The van der Waals surface area contributed by atoms with Crippen molar-refractivity contribution < 1.29 is 19.1 Å². The van der Waals surface area contributed by atoms with Crippen LogP contribution in [0.5, 0.6) is 0 Å². The topological polar surface area (TPSA) is 105 Å². The first kappa shape index (κ1) is 19.7. The van der Waals surface area contributed by atoms with E-state index in [0.29, 0.717) is 25.2 Å². The number of carbonyl (C=O) groups is 1. The molecule has 0 aromatic heterocycles. The van der Waals surface area contributed by atoms with Crippen molar-refractivity contribution in [3.05, 3.63) is 10.8 Å². The second kappa shape index (κ2) is 23.2. The Bertz CT molecular complexity index is 205. The molecule has 0 unspecified atom stereocenters. The van der Waals surface area contributed by atoms with Crippen molar-refractivity contribution in [1.29, 1.82) is 0 Å². The van der Waals surface area contributed by atoms with Crippen molar-refractivity contribution in [1.82, 2.24) is 0 Å². The first-order valence-electron chi connectivity index (χ1n) is 4.82. The molecule has 0 fully saturated rings. The third kappa shape index (κ3) is 39.7. The van der Waals surface area contributed by atoms with Crippen LogP contribution in [0.25, 0.3) is 10.8 Å². The normalized spacial score (nSPS) is 6.88. The zero-order chi connectivity index (χ0) is 13.2. The monoisotopic (exact) mass is 228 g/mol. The average molecular weight is 228 g/mol. The first-order valence-corrected chi connectivity index (χ1v) is 4.82. The van der Waals surface area contributed by atoms with Gasteiger partial charge in [0.15, 0.2) is 0 Å². The van der Waals surface area contributed by atoms with E-state index in [9.17, 15) is 4.79 Å². The molecule has 0 aromatic carbocycles. The number of rotatable bonds is 5. The zero-order valence-corrected chi connectivity index (χ0v) is 9.56. The first-order chi connectivity index (χ1) is 7.64. The highest BCUT2D eigenvalue weighted by atomic mass is 16.5. The molecule has 0 aromatic rings. The minimum atomic E-state index is -0.0593. The Morgan fingerprint density at radius 2 is 1.56 bits per heavy atom. The SMILES string of the molecule is CCCCCC(=O)OCC.[N-]=C=O.[N-]=C=O. The minimum absolute atomic E-state index is 0.0593. The van der Waals surface area contributed by atoms with Crippen LogP contribution in [0, 0.1) is 0 Å². The third-order valence-electron chi connectivity index (χ3n) is 1.29. The minimum Gasteiger partial charge on any atom is -0.724 e. The molecule has 0 aliphatic carbocycles. The lowest BCUT2D eigenvalue weighted by Crippen LogP contribution is -2.02. The highest BCUT2D eigenvalue weighted by molar-refractivity contribution is 5.69. The number of hydrogen-bond acceptors (Lipinski definition) is 4. The Hall–Kier alpha value is -1.77. The van der Waals surface area contributed by atoms with Crippen molar-refractivity contribution in [2.75, 3.05) is 6.61 Å². The van der Waals surface area contributed by atoms with Crippen molar-refractivity contribution >= 4 is 18.1 Å². The van der Waals surface area contributed by atoms with Crippen LogP contribution in [-0.4, -0.2) is 24.7 Å². The molecule has 0 spiro atoms. The molecule has 0 aliphatic rings. The van der Waals surface area contributed by atoms with Gasteiger partial charge in [-0.2, -0.15) is 0 Å². The van der Waals surface area contributed by atoms with Crippen LogP contribution in [0.3, 0.4) is 0 Å². The van der Waals surface area contributed by atoms with Crippen molar-refractivity contribution in [3.63, 3.8) is 0 Å². The smallest absolute Gasteiger partial charge is 0.305 e. The third-order valence-corrected chi connectivity index (χ3v) is 1.29. The van der Waals surface area contributed by atoms with Crippen molar-refractivity contribution in [2.45, 2.75) is 39.5 Å². The van der Waals surface area contributed by atoms with Gasteiger partial charge in [0.05, 0.1) is 6.61 Å². The zero-order valence-electron chi connectivity index (χ0n) is 9.56. The summed E-state index contributed by atoms with van der Waals surface area (Å²) in [5.74, 6) is -0.0593. The Labute approximate surface area is 95.0 Å². The van der Waals surface area contributed by atoms with E-state index in [-0.39, 0.29) is 5.97 Å². The van der Waals surface area contributed by atoms with Crippen LogP contribution in [0.2, 0.25) is 0 Å². The number of unbranched alkanes of at least 4 members (excludes halogenated alkanes) is 2. The Kier molecular flexibility index (Phi) is 28.7. The molecule has 0 saturated heterocycles. The van der Waals surface area contributed by atoms with E-state index >= 15 is 0 Å².